The maximum Gasteiger partial charge on any atom is 0.125 e. The van der Waals surface area contributed by atoms with Gasteiger partial charge in [-0.15, -0.1) is 0 Å². The lowest BCUT2D eigenvalue weighted by Crippen LogP contribution is -2.21. The molecule has 1 heterocycles. The van der Waals surface area contributed by atoms with Gasteiger partial charge in [0.15, 0.2) is 0 Å². The molecule has 0 saturated heterocycles. The van der Waals surface area contributed by atoms with Crippen LogP contribution in [0.1, 0.15) is 13.8 Å². The smallest absolute Gasteiger partial charge is 0.125 e. The maximum atomic E-state index is 8.76. The van der Waals surface area contributed by atoms with E-state index in [1.807, 2.05) is 32.0 Å². The first-order valence-corrected chi connectivity index (χ1v) is 4.20. The highest BCUT2D eigenvalue weighted by Gasteiger charge is 2.15. The van der Waals surface area contributed by atoms with Crippen LogP contribution in [0.15, 0.2) is 24.4 Å². The Morgan fingerprint density at radius 3 is 2.85 bits per heavy atom. The van der Waals surface area contributed by atoms with E-state index in [4.69, 9.17) is 5.26 Å². The molecule has 0 atom stereocenters. The maximum absolute atomic E-state index is 8.76. The van der Waals surface area contributed by atoms with Crippen molar-refractivity contribution in [2.45, 2.75) is 13.8 Å². The Kier molecular flexibility index (Phi) is 2.86. The van der Waals surface area contributed by atoms with Crippen LogP contribution in [0.25, 0.3) is 0 Å². The van der Waals surface area contributed by atoms with Crippen molar-refractivity contribution in [2.24, 2.45) is 5.41 Å². The first-order chi connectivity index (χ1) is 6.14. The average Bonchev–Trinajstić information content (AvgIpc) is 2.17. The van der Waals surface area contributed by atoms with Gasteiger partial charge >= 0.3 is 0 Å². The number of nitriles is 1. The van der Waals surface area contributed by atoms with Crippen LogP contribution in [0.4, 0.5) is 5.82 Å². The second-order valence-corrected chi connectivity index (χ2v) is 3.56. The molecule has 0 aliphatic rings. The molecule has 0 fully saturated rings. The Morgan fingerprint density at radius 2 is 2.31 bits per heavy atom. The van der Waals surface area contributed by atoms with E-state index in [1.165, 1.54) is 0 Å². The summed E-state index contributed by atoms with van der Waals surface area (Å²) in [5.74, 6) is 0.811. The lowest BCUT2D eigenvalue weighted by Gasteiger charge is -2.15. The lowest BCUT2D eigenvalue weighted by molar-refractivity contribution is 0.528. The van der Waals surface area contributed by atoms with E-state index < -0.39 is 0 Å². The van der Waals surface area contributed by atoms with Crippen LogP contribution < -0.4 is 5.32 Å². The van der Waals surface area contributed by atoms with E-state index in [0.29, 0.717) is 6.54 Å². The molecule has 0 aliphatic heterocycles. The van der Waals surface area contributed by atoms with Gasteiger partial charge in [-0.1, -0.05) is 6.07 Å². The SMILES string of the molecule is CC(C)(C#N)CNc1ccccn1. The van der Waals surface area contributed by atoms with Gasteiger partial charge in [-0.3, -0.25) is 0 Å². The van der Waals surface area contributed by atoms with Crippen molar-refractivity contribution in [3.05, 3.63) is 24.4 Å². The van der Waals surface area contributed by atoms with Crippen molar-refractivity contribution in [1.82, 2.24) is 4.98 Å². The molecule has 0 aromatic carbocycles. The fourth-order valence-electron chi connectivity index (χ4n) is 0.818. The molecule has 0 bridgehead atoms. The highest BCUT2D eigenvalue weighted by Crippen LogP contribution is 2.13. The van der Waals surface area contributed by atoms with Gasteiger partial charge < -0.3 is 5.32 Å². The van der Waals surface area contributed by atoms with E-state index in [9.17, 15) is 0 Å². The molecule has 3 nitrogen and oxygen atoms in total. The third-order valence-electron chi connectivity index (χ3n) is 1.68. The summed E-state index contributed by atoms with van der Waals surface area (Å²) in [6.07, 6.45) is 1.72. The van der Waals surface area contributed by atoms with Crippen LogP contribution in [0.3, 0.4) is 0 Å². The van der Waals surface area contributed by atoms with Gasteiger partial charge in [-0.05, 0) is 26.0 Å². The predicted octanol–water partition coefficient (Wildman–Crippen LogP) is 2.04. The summed E-state index contributed by atoms with van der Waals surface area (Å²) in [7, 11) is 0. The first-order valence-electron chi connectivity index (χ1n) is 4.20. The molecule has 3 heteroatoms. The van der Waals surface area contributed by atoms with Gasteiger partial charge in [0, 0.05) is 12.7 Å². The van der Waals surface area contributed by atoms with Crippen molar-refractivity contribution in [1.29, 1.82) is 5.26 Å². The number of hydrogen-bond acceptors (Lipinski definition) is 3. The lowest BCUT2D eigenvalue weighted by atomic mass is 9.96. The minimum absolute atomic E-state index is 0.350. The van der Waals surface area contributed by atoms with Gasteiger partial charge in [0.25, 0.3) is 0 Å². The standard InChI is InChI=1S/C10H13N3/c1-10(2,7-11)8-13-9-5-3-4-6-12-9/h3-6H,8H2,1-2H3,(H,12,13). The van der Waals surface area contributed by atoms with Crippen molar-refractivity contribution in [2.75, 3.05) is 11.9 Å². The predicted molar refractivity (Wildman–Crippen MR) is 52.1 cm³/mol. The highest BCUT2D eigenvalue weighted by molar-refractivity contribution is 5.33. The zero-order chi connectivity index (χ0) is 9.73. The monoisotopic (exact) mass is 175 g/mol. The molecule has 1 rings (SSSR count). The quantitative estimate of drug-likeness (QED) is 0.764. The molecule has 1 N–H and O–H groups in total. The Bertz CT molecular complexity index is 298. The van der Waals surface area contributed by atoms with E-state index >= 15 is 0 Å². The second-order valence-electron chi connectivity index (χ2n) is 3.56. The van der Waals surface area contributed by atoms with Gasteiger partial charge in [0.2, 0.25) is 0 Å². The summed E-state index contributed by atoms with van der Waals surface area (Å²) in [4.78, 5) is 4.10. The van der Waals surface area contributed by atoms with Crippen LogP contribution in [0.2, 0.25) is 0 Å². The first kappa shape index (κ1) is 9.53. The number of nitrogens with one attached hydrogen (secondary N) is 1. The molecule has 68 valence electrons. The summed E-state index contributed by atoms with van der Waals surface area (Å²) < 4.78 is 0. The molecular weight excluding hydrogens is 162 g/mol. The summed E-state index contributed by atoms with van der Waals surface area (Å²) in [5.41, 5.74) is -0.350. The number of nitrogens with zero attached hydrogens (tertiary/aromatic N) is 2. The molecule has 1 aromatic heterocycles. The summed E-state index contributed by atoms with van der Waals surface area (Å²) in [6.45, 7) is 4.40. The Balaban J connectivity index is 2.50. The molecule has 0 amide bonds. The fraction of sp³-hybridized carbons (Fsp3) is 0.400. The van der Waals surface area contributed by atoms with Crippen molar-refractivity contribution >= 4 is 5.82 Å². The molecule has 0 spiro atoms. The molecule has 0 aliphatic carbocycles. The van der Waals surface area contributed by atoms with E-state index in [2.05, 4.69) is 16.4 Å². The molecule has 0 unspecified atom stereocenters. The van der Waals surface area contributed by atoms with Crippen molar-refractivity contribution < 1.29 is 0 Å². The van der Waals surface area contributed by atoms with E-state index in [1.54, 1.807) is 6.20 Å². The van der Waals surface area contributed by atoms with Gasteiger partial charge in [-0.2, -0.15) is 5.26 Å². The number of anilines is 1. The highest BCUT2D eigenvalue weighted by atomic mass is 15.0. The zero-order valence-corrected chi connectivity index (χ0v) is 7.91. The number of rotatable bonds is 3. The number of aromatic nitrogens is 1. The van der Waals surface area contributed by atoms with Gasteiger partial charge in [-0.25, -0.2) is 4.98 Å². The zero-order valence-electron chi connectivity index (χ0n) is 7.91. The third-order valence-corrected chi connectivity index (χ3v) is 1.68. The summed E-state index contributed by atoms with van der Waals surface area (Å²) in [6, 6.07) is 7.88. The Hall–Kier alpha value is -1.56. The van der Waals surface area contributed by atoms with Crippen molar-refractivity contribution in [3.63, 3.8) is 0 Å². The average molecular weight is 175 g/mol. The number of pyridine rings is 1. The van der Waals surface area contributed by atoms with Crippen molar-refractivity contribution in [3.8, 4) is 6.07 Å². The summed E-state index contributed by atoms with van der Waals surface area (Å²) in [5, 5.41) is 11.9. The fourth-order valence-corrected chi connectivity index (χ4v) is 0.818. The largest absolute Gasteiger partial charge is 0.368 e. The minimum Gasteiger partial charge on any atom is -0.368 e. The van der Waals surface area contributed by atoms with Crippen LogP contribution >= 0.6 is 0 Å². The molecule has 1 aromatic rings. The normalized spacial score (nSPS) is 10.5. The molecule has 0 saturated carbocycles. The van der Waals surface area contributed by atoms with Crippen LogP contribution in [-0.2, 0) is 0 Å². The van der Waals surface area contributed by atoms with Gasteiger partial charge in [0.05, 0.1) is 11.5 Å². The van der Waals surface area contributed by atoms with Crippen LogP contribution in [0, 0.1) is 16.7 Å². The molecule has 13 heavy (non-hydrogen) atoms. The molecular formula is C10H13N3. The Morgan fingerprint density at radius 1 is 1.54 bits per heavy atom. The third kappa shape index (κ3) is 3.12. The Labute approximate surface area is 78.4 Å². The van der Waals surface area contributed by atoms with E-state index in [-0.39, 0.29) is 5.41 Å². The van der Waals surface area contributed by atoms with Gasteiger partial charge in [0.1, 0.15) is 5.82 Å². The number of hydrogen-bond donors (Lipinski definition) is 1. The van der Waals surface area contributed by atoms with Crippen LogP contribution in [0.5, 0.6) is 0 Å². The van der Waals surface area contributed by atoms with E-state index in [0.717, 1.165) is 5.82 Å². The second kappa shape index (κ2) is 3.90. The van der Waals surface area contributed by atoms with Crippen LogP contribution in [-0.4, -0.2) is 11.5 Å². The molecule has 0 radical (unpaired) electrons. The topological polar surface area (TPSA) is 48.7 Å². The minimum atomic E-state index is -0.350. The summed E-state index contributed by atoms with van der Waals surface area (Å²) >= 11 is 0.